The predicted octanol–water partition coefficient (Wildman–Crippen LogP) is 1.02. The second-order valence-corrected chi connectivity index (χ2v) is 7.44. The number of hydrogen-bond donors (Lipinski definition) is 0. The highest BCUT2D eigenvalue weighted by molar-refractivity contribution is 7.91. The Bertz CT molecular complexity index is 644. The van der Waals surface area contributed by atoms with Crippen molar-refractivity contribution in [3.05, 3.63) is 29.6 Å². The summed E-state index contributed by atoms with van der Waals surface area (Å²) in [5, 5.41) is 0. The highest BCUT2D eigenvalue weighted by Crippen LogP contribution is 2.20. The number of benzene rings is 1. The molecule has 0 aromatic heterocycles. The maximum atomic E-state index is 13.6. The lowest BCUT2D eigenvalue weighted by atomic mass is 10.1. The van der Waals surface area contributed by atoms with Crippen LogP contribution >= 0.6 is 0 Å². The highest BCUT2D eigenvalue weighted by Gasteiger charge is 2.32. The number of nitrogens with zero attached hydrogens (tertiary/aromatic N) is 1. The third-order valence-electron chi connectivity index (χ3n) is 3.72. The molecule has 0 spiro atoms. The lowest BCUT2D eigenvalue weighted by Crippen LogP contribution is -2.38. The summed E-state index contributed by atoms with van der Waals surface area (Å²) in [7, 11) is -0.0694. The standard InChI is InChI=1S/C14H18FNO4S/c1-16(11-5-6-21(18,19)9-11)14(17)8-10-3-4-13(20-2)12(15)7-10/h3-4,7,11H,5-6,8-9H2,1-2H3. The van der Waals surface area contributed by atoms with Gasteiger partial charge in [-0.25, -0.2) is 12.8 Å². The minimum absolute atomic E-state index is 0.00616. The van der Waals surface area contributed by atoms with Gasteiger partial charge < -0.3 is 9.64 Å². The average Bonchev–Trinajstić information content (AvgIpc) is 2.78. The van der Waals surface area contributed by atoms with Crippen LogP contribution in [0.5, 0.6) is 5.75 Å². The van der Waals surface area contributed by atoms with Crippen LogP contribution in [0.3, 0.4) is 0 Å². The van der Waals surface area contributed by atoms with Gasteiger partial charge in [-0.15, -0.1) is 0 Å². The Morgan fingerprint density at radius 2 is 2.19 bits per heavy atom. The second-order valence-electron chi connectivity index (χ2n) is 5.21. The Morgan fingerprint density at radius 3 is 2.71 bits per heavy atom. The Kier molecular flexibility index (Phi) is 4.51. The SMILES string of the molecule is COc1ccc(CC(=O)N(C)C2CCS(=O)(=O)C2)cc1F. The van der Waals surface area contributed by atoms with Gasteiger partial charge in [0.25, 0.3) is 0 Å². The third kappa shape index (κ3) is 3.72. The summed E-state index contributed by atoms with van der Waals surface area (Å²) in [5.41, 5.74) is 0.533. The first-order valence-electron chi connectivity index (χ1n) is 6.61. The monoisotopic (exact) mass is 315 g/mol. The van der Waals surface area contributed by atoms with Gasteiger partial charge in [-0.05, 0) is 24.1 Å². The molecule has 0 radical (unpaired) electrons. The van der Waals surface area contributed by atoms with Gasteiger partial charge >= 0.3 is 0 Å². The fourth-order valence-corrected chi connectivity index (χ4v) is 4.18. The Hall–Kier alpha value is -1.63. The zero-order chi connectivity index (χ0) is 15.6. The van der Waals surface area contributed by atoms with E-state index in [1.807, 2.05) is 0 Å². The zero-order valence-electron chi connectivity index (χ0n) is 12.0. The van der Waals surface area contributed by atoms with Crippen molar-refractivity contribution in [3.63, 3.8) is 0 Å². The summed E-state index contributed by atoms with van der Waals surface area (Å²) >= 11 is 0. The quantitative estimate of drug-likeness (QED) is 0.832. The molecular weight excluding hydrogens is 297 g/mol. The summed E-state index contributed by atoms with van der Waals surface area (Å²) < 4.78 is 41.3. The maximum Gasteiger partial charge on any atom is 0.227 e. The largest absolute Gasteiger partial charge is 0.494 e. The number of ether oxygens (including phenoxy) is 1. The molecule has 1 saturated heterocycles. The fraction of sp³-hybridized carbons (Fsp3) is 0.500. The molecular formula is C14H18FNO4S. The number of sulfone groups is 1. The van der Waals surface area contributed by atoms with Crippen LogP contribution < -0.4 is 4.74 Å². The molecule has 0 N–H and O–H groups in total. The molecule has 1 atom stereocenters. The van der Waals surface area contributed by atoms with Crippen LogP contribution in [0.2, 0.25) is 0 Å². The van der Waals surface area contributed by atoms with Gasteiger partial charge in [0.05, 0.1) is 25.0 Å². The van der Waals surface area contributed by atoms with E-state index in [1.165, 1.54) is 24.1 Å². The van der Waals surface area contributed by atoms with Crippen molar-refractivity contribution in [3.8, 4) is 5.75 Å². The molecule has 1 aromatic rings. The van der Waals surface area contributed by atoms with Crippen molar-refractivity contribution < 1.29 is 22.3 Å². The van der Waals surface area contributed by atoms with Gasteiger partial charge in [0.2, 0.25) is 5.91 Å². The van der Waals surface area contributed by atoms with E-state index in [2.05, 4.69) is 0 Å². The lowest BCUT2D eigenvalue weighted by molar-refractivity contribution is -0.130. The number of methoxy groups -OCH3 is 1. The molecule has 0 saturated carbocycles. The molecule has 1 aliphatic rings. The topological polar surface area (TPSA) is 63.7 Å². The third-order valence-corrected chi connectivity index (χ3v) is 5.47. The molecule has 2 rings (SSSR count). The van der Waals surface area contributed by atoms with E-state index in [1.54, 1.807) is 13.1 Å². The van der Waals surface area contributed by atoms with Gasteiger partial charge in [-0.2, -0.15) is 0 Å². The van der Waals surface area contributed by atoms with E-state index in [-0.39, 0.29) is 35.6 Å². The molecule has 0 aliphatic carbocycles. The van der Waals surface area contributed by atoms with Crippen molar-refractivity contribution in [2.45, 2.75) is 18.9 Å². The Labute approximate surface area is 123 Å². The van der Waals surface area contributed by atoms with Crippen LogP contribution in [0.15, 0.2) is 18.2 Å². The number of amides is 1. The molecule has 1 amide bonds. The first-order valence-corrected chi connectivity index (χ1v) is 8.43. The van der Waals surface area contributed by atoms with Crippen LogP contribution in [-0.4, -0.2) is 50.9 Å². The Morgan fingerprint density at radius 1 is 1.48 bits per heavy atom. The van der Waals surface area contributed by atoms with Crippen LogP contribution in [0, 0.1) is 5.82 Å². The van der Waals surface area contributed by atoms with E-state index >= 15 is 0 Å². The number of hydrogen-bond acceptors (Lipinski definition) is 4. The number of rotatable bonds is 4. The minimum Gasteiger partial charge on any atom is -0.494 e. The summed E-state index contributed by atoms with van der Waals surface area (Å²) in [6.07, 6.45) is 0.496. The molecule has 5 nitrogen and oxygen atoms in total. The minimum atomic E-state index is -3.03. The van der Waals surface area contributed by atoms with Crippen molar-refractivity contribution in [1.29, 1.82) is 0 Å². The average molecular weight is 315 g/mol. The van der Waals surface area contributed by atoms with Crippen molar-refractivity contribution in [2.75, 3.05) is 25.7 Å². The van der Waals surface area contributed by atoms with Crippen LogP contribution in [0.1, 0.15) is 12.0 Å². The first-order chi connectivity index (χ1) is 9.82. The molecule has 0 bridgehead atoms. The number of likely N-dealkylation sites (N-methyl/N-ethyl adjacent to an activating group) is 1. The first kappa shape index (κ1) is 15.8. The van der Waals surface area contributed by atoms with Crippen molar-refractivity contribution in [1.82, 2.24) is 4.90 Å². The predicted molar refractivity (Wildman–Crippen MR) is 76.5 cm³/mol. The molecule has 116 valence electrons. The van der Waals surface area contributed by atoms with Crippen molar-refractivity contribution >= 4 is 15.7 Å². The molecule has 1 unspecified atom stereocenters. The second kappa shape index (κ2) is 6.01. The number of carbonyl (C=O) groups is 1. The highest BCUT2D eigenvalue weighted by atomic mass is 32.2. The maximum absolute atomic E-state index is 13.6. The normalized spacial score (nSPS) is 20.2. The number of carbonyl (C=O) groups excluding carboxylic acids is 1. The van der Waals surface area contributed by atoms with Gasteiger partial charge in [-0.1, -0.05) is 6.07 Å². The number of halogens is 1. The lowest BCUT2D eigenvalue weighted by Gasteiger charge is -2.23. The van der Waals surface area contributed by atoms with Gasteiger partial charge in [-0.3, -0.25) is 4.79 Å². The van der Waals surface area contributed by atoms with Crippen molar-refractivity contribution in [2.24, 2.45) is 0 Å². The van der Waals surface area contributed by atoms with Gasteiger partial charge in [0, 0.05) is 13.1 Å². The Balaban J connectivity index is 2.02. The van der Waals surface area contributed by atoms with Crippen LogP contribution in [0.4, 0.5) is 4.39 Å². The smallest absolute Gasteiger partial charge is 0.227 e. The van der Waals surface area contributed by atoms with Crippen LogP contribution in [-0.2, 0) is 21.1 Å². The zero-order valence-corrected chi connectivity index (χ0v) is 12.8. The van der Waals surface area contributed by atoms with E-state index in [0.29, 0.717) is 12.0 Å². The summed E-state index contributed by atoms with van der Waals surface area (Å²) in [6.45, 7) is 0. The molecule has 21 heavy (non-hydrogen) atoms. The van der Waals surface area contributed by atoms with E-state index < -0.39 is 15.7 Å². The van der Waals surface area contributed by atoms with Gasteiger partial charge in [0.15, 0.2) is 21.4 Å². The van der Waals surface area contributed by atoms with Crippen LogP contribution in [0.25, 0.3) is 0 Å². The fourth-order valence-electron chi connectivity index (χ4n) is 2.40. The molecule has 7 heteroatoms. The summed E-state index contributed by atoms with van der Waals surface area (Å²) in [5.74, 6) is -0.490. The van der Waals surface area contributed by atoms with Gasteiger partial charge in [0.1, 0.15) is 0 Å². The molecule has 1 heterocycles. The summed E-state index contributed by atoms with van der Waals surface area (Å²) in [4.78, 5) is 13.6. The van der Waals surface area contributed by atoms with E-state index in [0.717, 1.165) is 0 Å². The summed E-state index contributed by atoms with van der Waals surface area (Å²) in [6, 6.07) is 4.07. The van der Waals surface area contributed by atoms with E-state index in [9.17, 15) is 17.6 Å². The molecule has 1 aromatic carbocycles. The molecule has 1 aliphatic heterocycles. The van der Waals surface area contributed by atoms with E-state index in [4.69, 9.17) is 4.74 Å². The molecule has 1 fully saturated rings.